The fourth-order valence-corrected chi connectivity index (χ4v) is 3.27. The molecule has 7 heteroatoms. The topological polar surface area (TPSA) is 56.2 Å². The first-order chi connectivity index (χ1) is 15.5. The highest BCUT2D eigenvalue weighted by Gasteiger charge is 2.19. The van der Waals surface area contributed by atoms with Crippen molar-refractivity contribution < 1.29 is 18.3 Å². The van der Waals surface area contributed by atoms with Crippen LogP contribution in [-0.4, -0.2) is 15.7 Å². The van der Waals surface area contributed by atoms with E-state index >= 15 is 0 Å². The number of halogens is 2. The second-order valence-electron chi connectivity index (χ2n) is 7.42. The van der Waals surface area contributed by atoms with Crippen LogP contribution in [-0.2, 0) is 13.2 Å². The lowest BCUT2D eigenvalue weighted by Crippen LogP contribution is -2.13. The van der Waals surface area contributed by atoms with Crippen LogP contribution < -0.4 is 10.1 Å². The number of aryl methyl sites for hydroxylation is 1. The van der Waals surface area contributed by atoms with Crippen LogP contribution in [0.15, 0.2) is 79.0 Å². The molecule has 0 aliphatic carbocycles. The van der Waals surface area contributed by atoms with Gasteiger partial charge in [0.05, 0.1) is 6.54 Å². The van der Waals surface area contributed by atoms with Gasteiger partial charge in [-0.2, -0.15) is 0 Å². The number of nitrogens with zero attached hydrogens (tertiary/aromatic N) is 2. The smallest absolute Gasteiger partial charge is 0.262 e. The van der Waals surface area contributed by atoms with Crippen molar-refractivity contribution in [2.45, 2.75) is 20.1 Å². The van der Waals surface area contributed by atoms with E-state index in [0.29, 0.717) is 16.8 Å². The quantitative estimate of drug-likeness (QED) is 0.428. The molecule has 0 unspecified atom stereocenters. The third-order valence-electron chi connectivity index (χ3n) is 4.75. The van der Waals surface area contributed by atoms with Crippen LogP contribution in [0.25, 0.3) is 0 Å². The standard InChI is InChI=1S/C25H21F2N3O2/c1-17-5-2-10-22(11-17)28-24(31)23-15-30(14-18-6-3-8-20(26)12-18)29-25(23)32-16-19-7-4-9-21(27)13-19/h2-13,15H,14,16H2,1H3,(H,28,31). The molecule has 5 nitrogen and oxygen atoms in total. The first-order valence-electron chi connectivity index (χ1n) is 10.0. The number of amides is 1. The molecule has 0 radical (unpaired) electrons. The molecule has 32 heavy (non-hydrogen) atoms. The van der Waals surface area contributed by atoms with Gasteiger partial charge in [-0.05, 0) is 60.0 Å². The third-order valence-corrected chi connectivity index (χ3v) is 4.75. The minimum absolute atomic E-state index is 0.0411. The Labute approximate surface area is 184 Å². The van der Waals surface area contributed by atoms with E-state index in [2.05, 4.69) is 10.4 Å². The van der Waals surface area contributed by atoms with Gasteiger partial charge in [0.15, 0.2) is 0 Å². The van der Waals surface area contributed by atoms with E-state index in [-0.39, 0.29) is 36.2 Å². The highest BCUT2D eigenvalue weighted by Crippen LogP contribution is 2.21. The van der Waals surface area contributed by atoms with Crippen molar-refractivity contribution in [3.8, 4) is 5.88 Å². The molecular weight excluding hydrogens is 412 g/mol. The zero-order valence-corrected chi connectivity index (χ0v) is 17.4. The van der Waals surface area contributed by atoms with Crippen LogP contribution in [0.3, 0.4) is 0 Å². The fourth-order valence-electron chi connectivity index (χ4n) is 3.27. The van der Waals surface area contributed by atoms with Crippen LogP contribution in [0.2, 0.25) is 0 Å². The van der Waals surface area contributed by atoms with Crippen molar-refractivity contribution in [1.82, 2.24) is 9.78 Å². The second-order valence-corrected chi connectivity index (χ2v) is 7.42. The first-order valence-corrected chi connectivity index (χ1v) is 10.0. The van der Waals surface area contributed by atoms with Crippen LogP contribution in [0.4, 0.5) is 14.5 Å². The van der Waals surface area contributed by atoms with Gasteiger partial charge < -0.3 is 10.1 Å². The predicted molar refractivity (Wildman–Crippen MR) is 118 cm³/mol. The molecule has 0 bridgehead atoms. The summed E-state index contributed by atoms with van der Waals surface area (Å²) in [6.45, 7) is 2.23. The number of hydrogen-bond acceptors (Lipinski definition) is 3. The highest BCUT2D eigenvalue weighted by molar-refractivity contribution is 6.05. The Morgan fingerprint density at radius 1 is 0.969 bits per heavy atom. The lowest BCUT2D eigenvalue weighted by Gasteiger charge is -2.07. The molecule has 0 saturated carbocycles. The van der Waals surface area contributed by atoms with Crippen molar-refractivity contribution in [1.29, 1.82) is 0 Å². The van der Waals surface area contributed by atoms with Gasteiger partial charge >= 0.3 is 0 Å². The van der Waals surface area contributed by atoms with Crippen LogP contribution >= 0.6 is 0 Å². The summed E-state index contributed by atoms with van der Waals surface area (Å²) in [5, 5.41) is 7.21. The van der Waals surface area contributed by atoms with Crippen LogP contribution in [0.5, 0.6) is 5.88 Å². The number of hydrogen-bond donors (Lipinski definition) is 1. The van der Waals surface area contributed by atoms with Crippen molar-refractivity contribution in [3.05, 3.63) is 113 Å². The molecule has 0 fully saturated rings. The maximum Gasteiger partial charge on any atom is 0.262 e. The molecule has 0 spiro atoms. The molecule has 1 N–H and O–H groups in total. The minimum atomic E-state index is -0.393. The number of aromatic nitrogens is 2. The van der Waals surface area contributed by atoms with E-state index in [0.717, 1.165) is 5.56 Å². The molecular formula is C25H21F2N3O2. The van der Waals surface area contributed by atoms with Crippen molar-refractivity contribution in [2.75, 3.05) is 5.32 Å². The maximum atomic E-state index is 13.5. The lowest BCUT2D eigenvalue weighted by molar-refractivity contribution is 0.102. The SMILES string of the molecule is Cc1cccc(NC(=O)c2cn(Cc3cccc(F)c3)nc2OCc2cccc(F)c2)c1. The fraction of sp³-hybridized carbons (Fsp3) is 0.120. The zero-order chi connectivity index (χ0) is 22.5. The van der Waals surface area contributed by atoms with Gasteiger partial charge in [-0.3, -0.25) is 9.48 Å². The maximum absolute atomic E-state index is 13.5. The van der Waals surface area contributed by atoms with Gasteiger partial charge in [-0.1, -0.05) is 36.4 Å². The number of ether oxygens (including phenoxy) is 1. The summed E-state index contributed by atoms with van der Waals surface area (Å²) in [6, 6.07) is 19.6. The van der Waals surface area contributed by atoms with Gasteiger partial charge in [0.1, 0.15) is 23.8 Å². The lowest BCUT2D eigenvalue weighted by atomic mass is 10.2. The van der Waals surface area contributed by atoms with Crippen molar-refractivity contribution in [2.24, 2.45) is 0 Å². The average Bonchev–Trinajstić information content (AvgIpc) is 3.15. The summed E-state index contributed by atoms with van der Waals surface area (Å²) < 4.78 is 34.3. The Kier molecular flexibility index (Phi) is 6.26. The van der Waals surface area contributed by atoms with Crippen molar-refractivity contribution >= 4 is 11.6 Å². The van der Waals surface area contributed by atoms with E-state index in [4.69, 9.17) is 4.74 Å². The zero-order valence-electron chi connectivity index (χ0n) is 17.4. The molecule has 162 valence electrons. The first kappa shape index (κ1) is 21.2. The molecule has 4 aromatic rings. The van der Waals surface area contributed by atoms with Crippen molar-refractivity contribution in [3.63, 3.8) is 0 Å². The normalized spacial score (nSPS) is 10.7. The average molecular weight is 433 g/mol. The van der Waals surface area contributed by atoms with Gasteiger partial charge in [0.2, 0.25) is 5.88 Å². The van der Waals surface area contributed by atoms with Gasteiger partial charge in [0, 0.05) is 11.9 Å². The monoisotopic (exact) mass is 433 g/mol. The summed E-state index contributed by atoms with van der Waals surface area (Å²) >= 11 is 0. The predicted octanol–water partition coefficient (Wildman–Crippen LogP) is 5.35. The Hall–Kier alpha value is -4.00. The van der Waals surface area contributed by atoms with Crippen LogP contribution in [0.1, 0.15) is 27.0 Å². The van der Waals surface area contributed by atoms with E-state index in [1.807, 2.05) is 25.1 Å². The van der Waals surface area contributed by atoms with Gasteiger partial charge in [0.25, 0.3) is 5.91 Å². The Balaban J connectivity index is 1.59. The third kappa shape index (κ3) is 5.37. The number of carbonyl (C=O) groups excluding carboxylic acids is 1. The molecule has 0 aliphatic heterocycles. The van der Waals surface area contributed by atoms with Gasteiger partial charge in [-0.25, -0.2) is 8.78 Å². The molecule has 0 aliphatic rings. The highest BCUT2D eigenvalue weighted by atomic mass is 19.1. The number of anilines is 1. The number of nitrogens with one attached hydrogen (secondary N) is 1. The Bertz CT molecular complexity index is 1250. The molecule has 3 aromatic carbocycles. The molecule has 1 heterocycles. The number of carbonyl (C=O) groups is 1. The van der Waals surface area contributed by atoms with E-state index in [9.17, 15) is 13.6 Å². The summed E-state index contributed by atoms with van der Waals surface area (Å²) in [6.07, 6.45) is 1.55. The number of benzene rings is 3. The molecule has 4 rings (SSSR count). The summed E-state index contributed by atoms with van der Waals surface area (Å²) in [7, 11) is 0. The largest absolute Gasteiger partial charge is 0.471 e. The Morgan fingerprint density at radius 2 is 1.66 bits per heavy atom. The van der Waals surface area contributed by atoms with E-state index in [1.165, 1.54) is 28.9 Å². The molecule has 0 saturated heterocycles. The summed E-state index contributed by atoms with van der Waals surface area (Å²) in [5.74, 6) is -1.01. The second kappa shape index (κ2) is 9.43. The molecule has 1 aromatic heterocycles. The molecule has 1 amide bonds. The summed E-state index contributed by atoms with van der Waals surface area (Å²) in [4.78, 5) is 13.0. The Morgan fingerprint density at radius 3 is 2.38 bits per heavy atom. The minimum Gasteiger partial charge on any atom is -0.471 e. The number of rotatable bonds is 7. The molecule has 0 atom stereocenters. The van der Waals surface area contributed by atoms with Gasteiger partial charge in [-0.15, -0.1) is 5.10 Å². The summed E-state index contributed by atoms with van der Waals surface area (Å²) in [5.41, 5.74) is 3.17. The van der Waals surface area contributed by atoms with E-state index < -0.39 is 5.91 Å². The van der Waals surface area contributed by atoms with Crippen LogP contribution in [0, 0.1) is 18.6 Å². The van der Waals surface area contributed by atoms with E-state index in [1.54, 1.807) is 36.5 Å².